The molecule has 78 valence electrons. The summed E-state index contributed by atoms with van der Waals surface area (Å²) in [6.07, 6.45) is 1.09. The van der Waals surface area contributed by atoms with Gasteiger partial charge in [0.05, 0.1) is 10.4 Å². The van der Waals surface area contributed by atoms with E-state index >= 15 is 0 Å². The Morgan fingerprint density at radius 1 is 1.71 bits per heavy atom. The minimum absolute atomic E-state index is 0.139. The summed E-state index contributed by atoms with van der Waals surface area (Å²) in [4.78, 5) is 1.32. The summed E-state index contributed by atoms with van der Waals surface area (Å²) < 4.78 is 6.52. The van der Waals surface area contributed by atoms with Gasteiger partial charge in [0.25, 0.3) is 0 Å². The van der Waals surface area contributed by atoms with Crippen molar-refractivity contribution in [3.05, 3.63) is 20.3 Å². The third-order valence-corrected chi connectivity index (χ3v) is 4.33. The van der Waals surface area contributed by atoms with Crippen molar-refractivity contribution in [2.45, 2.75) is 19.4 Å². The standard InChI is InChI=1S/C10H14BrNOS/c1-6-8(4-9(11)14-6)10(12)7-2-3-13-5-7/h4,7,10H,2-3,5,12H2,1H3. The van der Waals surface area contributed by atoms with Crippen molar-refractivity contribution >= 4 is 27.3 Å². The van der Waals surface area contributed by atoms with Crippen LogP contribution in [0.25, 0.3) is 0 Å². The Morgan fingerprint density at radius 2 is 2.50 bits per heavy atom. The SMILES string of the molecule is Cc1sc(Br)cc1C(N)C1CCOC1. The van der Waals surface area contributed by atoms with Crippen LogP contribution in [-0.4, -0.2) is 13.2 Å². The van der Waals surface area contributed by atoms with Crippen LogP contribution in [0.15, 0.2) is 9.85 Å². The maximum Gasteiger partial charge on any atom is 0.0704 e. The zero-order valence-electron chi connectivity index (χ0n) is 8.13. The second kappa shape index (κ2) is 4.31. The third kappa shape index (κ3) is 2.03. The molecule has 14 heavy (non-hydrogen) atoms. The van der Waals surface area contributed by atoms with Crippen LogP contribution in [0.4, 0.5) is 0 Å². The molecule has 1 aromatic rings. The summed E-state index contributed by atoms with van der Waals surface area (Å²) in [6, 6.07) is 2.28. The summed E-state index contributed by atoms with van der Waals surface area (Å²) in [7, 11) is 0. The molecule has 1 fully saturated rings. The largest absolute Gasteiger partial charge is 0.381 e. The molecule has 0 aromatic carbocycles. The Balaban J connectivity index is 2.17. The van der Waals surface area contributed by atoms with Crippen molar-refractivity contribution in [2.75, 3.05) is 13.2 Å². The van der Waals surface area contributed by atoms with Crippen LogP contribution >= 0.6 is 27.3 Å². The Labute approximate surface area is 96.6 Å². The molecule has 2 atom stereocenters. The molecular weight excluding hydrogens is 262 g/mol. The molecular formula is C10H14BrNOS. The van der Waals surface area contributed by atoms with Crippen LogP contribution in [0.3, 0.4) is 0 Å². The van der Waals surface area contributed by atoms with E-state index in [-0.39, 0.29) is 6.04 Å². The fourth-order valence-electron chi connectivity index (χ4n) is 1.88. The van der Waals surface area contributed by atoms with Crippen molar-refractivity contribution in [3.8, 4) is 0 Å². The first kappa shape index (κ1) is 10.6. The van der Waals surface area contributed by atoms with Crippen molar-refractivity contribution in [2.24, 2.45) is 11.7 Å². The van der Waals surface area contributed by atoms with Crippen LogP contribution in [0.2, 0.25) is 0 Å². The van der Waals surface area contributed by atoms with Gasteiger partial charge < -0.3 is 10.5 Å². The van der Waals surface area contributed by atoms with E-state index in [4.69, 9.17) is 10.5 Å². The van der Waals surface area contributed by atoms with Gasteiger partial charge in [-0.05, 0) is 40.9 Å². The molecule has 0 spiro atoms. The fraction of sp³-hybridized carbons (Fsp3) is 0.600. The Morgan fingerprint density at radius 3 is 3.00 bits per heavy atom. The zero-order valence-corrected chi connectivity index (χ0v) is 10.5. The predicted molar refractivity (Wildman–Crippen MR) is 62.6 cm³/mol. The zero-order chi connectivity index (χ0) is 10.1. The van der Waals surface area contributed by atoms with E-state index in [1.165, 1.54) is 14.2 Å². The molecule has 2 rings (SSSR count). The lowest BCUT2D eigenvalue weighted by molar-refractivity contribution is 0.181. The molecule has 2 unspecified atom stereocenters. The molecule has 1 aliphatic rings. The average molecular weight is 276 g/mol. The quantitative estimate of drug-likeness (QED) is 0.901. The molecule has 0 radical (unpaired) electrons. The van der Waals surface area contributed by atoms with Gasteiger partial charge in [0.15, 0.2) is 0 Å². The summed E-state index contributed by atoms with van der Waals surface area (Å²) in [5.74, 6) is 0.496. The summed E-state index contributed by atoms with van der Waals surface area (Å²) in [5, 5.41) is 0. The molecule has 1 saturated heterocycles. The van der Waals surface area contributed by atoms with Gasteiger partial charge in [-0.25, -0.2) is 0 Å². The van der Waals surface area contributed by atoms with Gasteiger partial charge in [0.2, 0.25) is 0 Å². The Kier molecular flexibility index (Phi) is 3.27. The lowest BCUT2D eigenvalue weighted by Gasteiger charge is -2.17. The number of ether oxygens (including phenoxy) is 1. The number of aryl methyl sites for hydroxylation is 1. The molecule has 1 aliphatic heterocycles. The summed E-state index contributed by atoms with van der Waals surface area (Å²) in [6.45, 7) is 3.80. The van der Waals surface area contributed by atoms with Gasteiger partial charge in [0.1, 0.15) is 0 Å². The first-order chi connectivity index (χ1) is 6.68. The van der Waals surface area contributed by atoms with Gasteiger partial charge in [-0.3, -0.25) is 0 Å². The first-order valence-corrected chi connectivity index (χ1v) is 6.38. The number of hydrogen-bond donors (Lipinski definition) is 1. The molecule has 2 heterocycles. The van der Waals surface area contributed by atoms with E-state index in [0.29, 0.717) is 5.92 Å². The van der Waals surface area contributed by atoms with E-state index in [1.807, 2.05) is 0 Å². The fourth-order valence-corrected chi connectivity index (χ4v) is 3.65. The normalized spacial score (nSPS) is 24.1. The molecule has 0 aliphatic carbocycles. The van der Waals surface area contributed by atoms with Gasteiger partial charge in [-0.15, -0.1) is 11.3 Å². The predicted octanol–water partition coefficient (Wildman–Crippen LogP) is 2.86. The van der Waals surface area contributed by atoms with E-state index in [9.17, 15) is 0 Å². The van der Waals surface area contributed by atoms with Crippen LogP contribution in [0.5, 0.6) is 0 Å². The Hall–Kier alpha value is 0.1000. The minimum atomic E-state index is 0.139. The number of halogens is 1. The second-order valence-electron chi connectivity index (χ2n) is 3.71. The third-order valence-electron chi connectivity index (χ3n) is 2.76. The lowest BCUT2D eigenvalue weighted by atomic mass is 9.94. The number of thiophene rings is 1. The van der Waals surface area contributed by atoms with Crippen molar-refractivity contribution in [1.82, 2.24) is 0 Å². The highest BCUT2D eigenvalue weighted by atomic mass is 79.9. The van der Waals surface area contributed by atoms with Gasteiger partial charge in [-0.2, -0.15) is 0 Å². The highest BCUT2D eigenvalue weighted by Gasteiger charge is 2.25. The molecule has 1 aromatic heterocycles. The van der Waals surface area contributed by atoms with Crippen LogP contribution in [0, 0.1) is 12.8 Å². The monoisotopic (exact) mass is 275 g/mol. The van der Waals surface area contributed by atoms with E-state index in [1.54, 1.807) is 11.3 Å². The maximum absolute atomic E-state index is 6.22. The highest BCUT2D eigenvalue weighted by Crippen LogP contribution is 2.34. The van der Waals surface area contributed by atoms with Crippen molar-refractivity contribution in [3.63, 3.8) is 0 Å². The van der Waals surface area contributed by atoms with Crippen molar-refractivity contribution in [1.29, 1.82) is 0 Å². The number of rotatable bonds is 2. The molecule has 2 N–H and O–H groups in total. The van der Waals surface area contributed by atoms with E-state index < -0.39 is 0 Å². The first-order valence-electron chi connectivity index (χ1n) is 4.77. The maximum atomic E-state index is 6.22. The van der Waals surface area contributed by atoms with Gasteiger partial charge in [-0.1, -0.05) is 0 Å². The number of nitrogens with two attached hydrogens (primary N) is 1. The second-order valence-corrected chi connectivity index (χ2v) is 6.35. The van der Waals surface area contributed by atoms with Crippen molar-refractivity contribution < 1.29 is 4.74 Å². The molecule has 2 nitrogen and oxygen atoms in total. The van der Waals surface area contributed by atoms with Crippen LogP contribution in [0.1, 0.15) is 22.9 Å². The topological polar surface area (TPSA) is 35.2 Å². The van der Waals surface area contributed by atoms with Gasteiger partial charge >= 0.3 is 0 Å². The average Bonchev–Trinajstić information content (AvgIpc) is 2.73. The molecule has 0 bridgehead atoms. The summed E-state index contributed by atoms with van der Waals surface area (Å²) >= 11 is 5.24. The van der Waals surface area contributed by atoms with E-state index in [2.05, 4.69) is 28.9 Å². The Bertz CT molecular complexity index is 320. The molecule has 4 heteroatoms. The molecule has 0 saturated carbocycles. The smallest absolute Gasteiger partial charge is 0.0704 e. The highest BCUT2D eigenvalue weighted by molar-refractivity contribution is 9.11. The van der Waals surface area contributed by atoms with Crippen LogP contribution in [-0.2, 0) is 4.74 Å². The lowest BCUT2D eigenvalue weighted by Crippen LogP contribution is -2.21. The number of hydrogen-bond acceptors (Lipinski definition) is 3. The molecule has 0 amide bonds. The van der Waals surface area contributed by atoms with Crippen LogP contribution < -0.4 is 5.73 Å². The minimum Gasteiger partial charge on any atom is -0.381 e. The van der Waals surface area contributed by atoms with E-state index in [0.717, 1.165) is 19.6 Å². The summed E-state index contributed by atoms with van der Waals surface area (Å²) in [5.41, 5.74) is 7.50. The van der Waals surface area contributed by atoms with Gasteiger partial charge in [0, 0.05) is 23.4 Å².